The molecule has 3 N–H and O–H groups in total. The largest absolute Gasteiger partial charge is 0.396 e. The highest BCUT2D eigenvalue weighted by atomic mass is 16.3. The Balaban J connectivity index is 2.60. The van der Waals surface area contributed by atoms with Crippen LogP contribution in [-0.2, 0) is 0 Å². The molecule has 0 amide bonds. The molecule has 0 aromatic heterocycles. The van der Waals surface area contributed by atoms with Gasteiger partial charge in [-0.1, -0.05) is 26.7 Å². The summed E-state index contributed by atoms with van der Waals surface area (Å²) in [6, 6.07) is 0. The van der Waals surface area contributed by atoms with Crippen LogP contribution >= 0.6 is 0 Å². The lowest BCUT2D eigenvalue weighted by Gasteiger charge is -2.43. The normalized spacial score (nSPS) is 43.0. The van der Waals surface area contributed by atoms with Crippen molar-refractivity contribution in [3.05, 3.63) is 0 Å². The van der Waals surface area contributed by atoms with Crippen molar-refractivity contribution >= 4 is 0 Å². The molecule has 72 valence electrons. The maximum atomic E-state index is 8.91. The summed E-state index contributed by atoms with van der Waals surface area (Å²) in [6.45, 7) is 4.72. The fourth-order valence-electron chi connectivity index (χ4n) is 2.36. The summed E-state index contributed by atoms with van der Waals surface area (Å²) < 4.78 is 0. The number of nitrogens with two attached hydrogens (primary N) is 1. The molecule has 1 fully saturated rings. The molecule has 12 heavy (non-hydrogen) atoms. The van der Waals surface area contributed by atoms with E-state index in [1.54, 1.807) is 0 Å². The van der Waals surface area contributed by atoms with Crippen LogP contribution in [0.1, 0.15) is 39.5 Å². The standard InChI is InChI=1S/C10H21NO/c1-8-4-3-5-10(11,6-7-12)9(8)2/h8-9,12H,3-7,11H2,1-2H3. The molecule has 2 nitrogen and oxygen atoms in total. The molecule has 0 heterocycles. The highest BCUT2D eigenvalue weighted by molar-refractivity contribution is 4.94. The third-order valence-corrected chi connectivity index (χ3v) is 3.64. The summed E-state index contributed by atoms with van der Waals surface area (Å²) in [5, 5.41) is 8.91. The lowest BCUT2D eigenvalue weighted by molar-refractivity contribution is 0.110. The molecular weight excluding hydrogens is 150 g/mol. The summed E-state index contributed by atoms with van der Waals surface area (Å²) in [4.78, 5) is 0. The monoisotopic (exact) mass is 171 g/mol. The first-order valence-electron chi connectivity index (χ1n) is 5.00. The predicted octanol–water partition coefficient (Wildman–Crippen LogP) is 1.52. The number of hydrogen-bond acceptors (Lipinski definition) is 2. The van der Waals surface area contributed by atoms with Gasteiger partial charge in [0, 0.05) is 12.1 Å². The van der Waals surface area contributed by atoms with E-state index in [-0.39, 0.29) is 12.1 Å². The van der Waals surface area contributed by atoms with Crippen molar-refractivity contribution in [2.24, 2.45) is 17.6 Å². The second kappa shape index (κ2) is 3.75. The van der Waals surface area contributed by atoms with Crippen molar-refractivity contribution in [3.8, 4) is 0 Å². The van der Waals surface area contributed by atoms with Gasteiger partial charge in [0.15, 0.2) is 0 Å². The predicted molar refractivity (Wildman–Crippen MR) is 50.8 cm³/mol. The van der Waals surface area contributed by atoms with Gasteiger partial charge < -0.3 is 10.8 Å². The van der Waals surface area contributed by atoms with Gasteiger partial charge in [0.05, 0.1) is 0 Å². The SMILES string of the molecule is CC1CCCC(N)(CCO)C1C. The van der Waals surface area contributed by atoms with Crippen molar-refractivity contribution in [1.82, 2.24) is 0 Å². The zero-order chi connectivity index (χ0) is 9.19. The molecule has 0 spiro atoms. The minimum absolute atomic E-state index is 0.0909. The van der Waals surface area contributed by atoms with Crippen LogP contribution in [0.25, 0.3) is 0 Å². The van der Waals surface area contributed by atoms with Crippen LogP contribution in [0, 0.1) is 11.8 Å². The Morgan fingerprint density at radius 1 is 1.50 bits per heavy atom. The highest BCUT2D eigenvalue weighted by Gasteiger charge is 2.37. The molecule has 1 aliphatic carbocycles. The van der Waals surface area contributed by atoms with E-state index in [4.69, 9.17) is 10.8 Å². The van der Waals surface area contributed by atoms with Crippen molar-refractivity contribution in [2.75, 3.05) is 6.61 Å². The number of rotatable bonds is 2. The fourth-order valence-corrected chi connectivity index (χ4v) is 2.36. The molecule has 0 radical (unpaired) electrons. The van der Waals surface area contributed by atoms with E-state index in [0.717, 1.165) is 18.8 Å². The first-order valence-corrected chi connectivity index (χ1v) is 5.00. The van der Waals surface area contributed by atoms with E-state index in [9.17, 15) is 0 Å². The molecular formula is C10H21NO. The Labute approximate surface area is 75.2 Å². The quantitative estimate of drug-likeness (QED) is 0.661. The fraction of sp³-hybridized carbons (Fsp3) is 1.00. The molecule has 0 aliphatic heterocycles. The molecule has 1 saturated carbocycles. The van der Waals surface area contributed by atoms with Gasteiger partial charge in [-0.15, -0.1) is 0 Å². The first kappa shape index (κ1) is 10.0. The minimum Gasteiger partial charge on any atom is -0.396 e. The van der Waals surface area contributed by atoms with Gasteiger partial charge in [-0.2, -0.15) is 0 Å². The lowest BCUT2D eigenvalue weighted by atomic mass is 9.67. The van der Waals surface area contributed by atoms with E-state index >= 15 is 0 Å². The Morgan fingerprint density at radius 2 is 2.17 bits per heavy atom. The second-order valence-corrected chi connectivity index (χ2v) is 4.36. The van der Waals surface area contributed by atoms with E-state index in [2.05, 4.69) is 13.8 Å². The Bertz CT molecular complexity index is 145. The van der Waals surface area contributed by atoms with Crippen molar-refractivity contribution in [3.63, 3.8) is 0 Å². The van der Waals surface area contributed by atoms with Crippen molar-refractivity contribution in [2.45, 2.75) is 45.1 Å². The molecule has 1 aliphatic rings. The van der Waals surface area contributed by atoms with Crippen LogP contribution in [0.3, 0.4) is 0 Å². The maximum Gasteiger partial charge on any atom is 0.0448 e. The lowest BCUT2D eigenvalue weighted by Crippen LogP contribution is -2.51. The van der Waals surface area contributed by atoms with Gasteiger partial charge >= 0.3 is 0 Å². The van der Waals surface area contributed by atoms with E-state index < -0.39 is 0 Å². The third-order valence-electron chi connectivity index (χ3n) is 3.64. The van der Waals surface area contributed by atoms with E-state index in [1.807, 2.05) is 0 Å². The van der Waals surface area contributed by atoms with E-state index in [0.29, 0.717) is 5.92 Å². The van der Waals surface area contributed by atoms with Gasteiger partial charge in [0.1, 0.15) is 0 Å². The van der Waals surface area contributed by atoms with Crippen LogP contribution in [0.5, 0.6) is 0 Å². The highest BCUT2D eigenvalue weighted by Crippen LogP contribution is 2.37. The summed E-state index contributed by atoms with van der Waals surface area (Å²) in [5.74, 6) is 1.27. The van der Waals surface area contributed by atoms with Crippen molar-refractivity contribution < 1.29 is 5.11 Å². The van der Waals surface area contributed by atoms with Gasteiger partial charge in [-0.3, -0.25) is 0 Å². The second-order valence-electron chi connectivity index (χ2n) is 4.36. The Morgan fingerprint density at radius 3 is 2.75 bits per heavy atom. The average Bonchev–Trinajstić information content (AvgIpc) is 2.01. The number of aliphatic hydroxyl groups excluding tert-OH is 1. The zero-order valence-electron chi connectivity index (χ0n) is 8.21. The average molecular weight is 171 g/mol. The first-order chi connectivity index (χ1) is 5.60. The third kappa shape index (κ3) is 1.80. The smallest absolute Gasteiger partial charge is 0.0448 e. The van der Waals surface area contributed by atoms with Crippen molar-refractivity contribution in [1.29, 1.82) is 0 Å². The van der Waals surface area contributed by atoms with Gasteiger partial charge in [-0.05, 0) is 24.7 Å². The molecule has 0 saturated heterocycles. The summed E-state index contributed by atoms with van der Waals surface area (Å²) in [6.07, 6.45) is 4.37. The molecule has 1 rings (SSSR count). The molecule has 0 aromatic rings. The van der Waals surface area contributed by atoms with E-state index in [1.165, 1.54) is 12.8 Å². The summed E-state index contributed by atoms with van der Waals surface area (Å²) in [5.41, 5.74) is 6.15. The molecule has 3 unspecified atom stereocenters. The number of aliphatic hydroxyl groups is 1. The van der Waals surface area contributed by atoms with Crippen LogP contribution in [-0.4, -0.2) is 17.3 Å². The van der Waals surface area contributed by atoms with Crippen LogP contribution < -0.4 is 5.73 Å². The van der Waals surface area contributed by atoms with Crippen LogP contribution in [0.2, 0.25) is 0 Å². The Hall–Kier alpha value is -0.0800. The minimum atomic E-state index is -0.0909. The molecule has 2 heteroatoms. The summed E-state index contributed by atoms with van der Waals surface area (Å²) in [7, 11) is 0. The molecule has 0 bridgehead atoms. The van der Waals surface area contributed by atoms with Crippen LogP contribution in [0.4, 0.5) is 0 Å². The number of hydrogen-bond donors (Lipinski definition) is 2. The van der Waals surface area contributed by atoms with Gasteiger partial charge in [0.25, 0.3) is 0 Å². The zero-order valence-corrected chi connectivity index (χ0v) is 8.21. The van der Waals surface area contributed by atoms with Crippen LogP contribution in [0.15, 0.2) is 0 Å². The van der Waals surface area contributed by atoms with Gasteiger partial charge in [0.2, 0.25) is 0 Å². The molecule has 0 aromatic carbocycles. The topological polar surface area (TPSA) is 46.2 Å². The molecule has 3 atom stereocenters. The Kier molecular flexibility index (Phi) is 3.13. The maximum absolute atomic E-state index is 8.91. The summed E-state index contributed by atoms with van der Waals surface area (Å²) >= 11 is 0. The van der Waals surface area contributed by atoms with Gasteiger partial charge in [-0.25, -0.2) is 0 Å².